The second kappa shape index (κ2) is 44.6. The summed E-state index contributed by atoms with van der Waals surface area (Å²) in [6.07, 6.45) is 47.6. The Bertz CT molecular complexity index is 1050. The van der Waals surface area contributed by atoms with E-state index < -0.39 is 43.4 Å². The fourth-order valence-electron chi connectivity index (χ4n) is 7.93. The van der Waals surface area contributed by atoms with E-state index in [1.54, 1.807) is 0 Å². The van der Waals surface area contributed by atoms with Gasteiger partial charge in [-0.15, -0.1) is 0 Å². The van der Waals surface area contributed by atoms with Gasteiger partial charge < -0.3 is 39.4 Å². The summed E-state index contributed by atoms with van der Waals surface area (Å²) in [6.45, 7) is 4.55. The van der Waals surface area contributed by atoms with Crippen molar-refractivity contribution in [3.63, 3.8) is 0 Å². The number of allylic oxidation sites excluding steroid dienone is 6. The maximum Gasteiger partial charge on any atom is 0.306 e. The van der Waals surface area contributed by atoms with Gasteiger partial charge in [-0.2, -0.15) is 0 Å². The van der Waals surface area contributed by atoms with Crippen molar-refractivity contribution < 1.29 is 44.2 Å². The molecular weight excluding hydrogens is 781 g/mol. The molecule has 0 saturated carbocycles. The number of carbonyl (C=O) groups excluding carboxylic acids is 1. The first kappa shape index (κ1) is 58.4. The summed E-state index contributed by atoms with van der Waals surface area (Å²) >= 11 is 0. The van der Waals surface area contributed by atoms with Gasteiger partial charge in [-0.1, -0.05) is 192 Å². The van der Waals surface area contributed by atoms with Crippen LogP contribution in [0.1, 0.15) is 232 Å². The molecule has 0 aromatic carbocycles. The summed E-state index contributed by atoms with van der Waals surface area (Å²) in [7, 11) is 0. The Balaban J connectivity index is 2.14. The van der Waals surface area contributed by atoms with Crippen LogP contribution >= 0.6 is 0 Å². The predicted molar refractivity (Wildman–Crippen MR) is 256 cm³/mol. The van der Waals surface area contributed by atoms with E-state index in [1.165, 1.54) is 161 Å². The zero-order valence-corrected chi connectivity index (χ0v) is 40.1. The van der Waals surface area contributed by atoms with Crippen LogP contribution in [-0.4, -0.2) is 89.6 Å². The largest absolute Gasteiger partial charge is 0.457 e. The molecular formula is C53H98O9. The Morgan fingerprint density at radius 2 is 0.935 bits per heavy atom. The molecule has 364 valence electrons. The van der Waals surface area contributed by atoms with E-state index in [4.69, 9.17) is 18.9 Å². The zero-order chi connectivity index (χ0) is 45.0. The van der Waals surface area contributed by atoms with Gasteiger partial charge in [0.1, 0.15) is 30.5 Å². The van der Waals surface area contributed by atoms with E-state index in [-0.39, 0.29) is 19.2 Å². The van der Waals surface area contributed by atoms with Crippen LogP contribution in [0.5, 0.6) is 0 Å². The van der Waals surface area contributed by atoms with Gasteiger partial charge in [0.2, 0.25) is 0 Å². The summed E-state index contributed by atoms with van der Waals surface area (Å²) in [5, 5.41) is 40.2. The van der Waals surface area contributed by atoms with Crippen molar-refractivity contribution in [1.29, 1.82) is 0 Å². The number of ether oxygens (including phenoxy) is 4. The highest BCUT2D eigenvalue weighted by atomic mass is 16.7. The fraction of sp³-hybridized carbons (Fsp3) is 0.868. The summed E-state index contributed by atoms with van der Waals surface area (Å²) in [6, 6.07) is 0. The lowest BCUT2D eigenvalue weighted by molar-refractivity contribution is -0.305. The molecule has 0 radical (unpaired) electrons. The smallest absolute Gasteiger partial charge is 0.306 e. The minimum absolute atomic E-state index is 0.115. The minimum atomic E-state index is -1.54. The van der Waals surface area contributed by atoms with Crippen LogP contribution in [0.4, 0.5) is 0 Å². The molecule has 1 aliphatic rings. The maximum atomic E-state index is 12.8. The van der Waals surface area contributed by atoms with Crippen molar-refractivity contribution in [3.8, 4) is 0 Å². The SMILES string of the molecule is CCCCCC/C=C\CCCCCCCC(=O)OC(COCCCCCCCCCCCCCCCC/C=C\C/C=C\CCCCCCC)COC1OC(CO)C(O)C(O)C1O. The molecule has 9 nitrogen and oxygen atoms in total. The molecule has 1 heterocycles. The highest BCUT2D eigenvalue weighted by Gasteiger charge is 2.44. The highest BCUT2D eigenvalue weighted by Crippen LogP contribution is 2.23. The molecule has 6 unspecified atom stereocenters. The average molecular weight is 879 g/mol. The Kier molecular flexibility index (Phi) is 42.0. The lowest BCUT2D eigenvalue weighted by Gasteiger charge is -2.39. The Morgan fingerprint density at radius 3 is 1.42 bits per heavy atom. The third-order valence-corrected chi connectivity index (χ3v) is 12.0. The lowest BCUT2D eigenvalue weighted by atomic mass is 9.99. The lowest BCUT2D eigenvalue weighted by Crippen LogP contribution is -2.59. The first-order chi connectivity index (χ1) is 30.4. The van der Waals surface area contributed by atoms with Crippen LogP contribution in [0.3, 0.4) is 0 Å². The van der Waals surface area contributed by atoms with Crippen molar-refractivity contribution in [2.24, 2.45) is 0 Å². The number of hydrogen-bond donors (Lipinski definition) is 4. The number of unbranched alkanes of at least 4 members (excludes halogenated alkanes) is 28. The summed E-state index contributed by atoms with van der Waals surface area (Å²) < 4.78 is 22.9. The first-order valence-corrected chi connectivity index (χ1v) is 26.1. The van der Waals surface area contributed by atoms with Gasteiger partial charge in [0.05, 0.1) is 19.8 Å². The Hall–Kier alpha value is -1.59. The molecule has 1 aliphatic heterocycles. The van der Waals surface area contributed by atoms with Crippen molar-refractivity contribution in [1.82, 2.24) is 0 Å². The van der Waals surface area contributed by atoms with Crippen molar-refractivity contribution in [2.75, 3.05) is 26.4 Å². The molecule has 1 rings (SSSR count). The molecule has 0 aliphatic carbocycles. The number of aliphatic hydroxyl groups excluding tert-OH is 4. The monoisotopic (exact) mass is 879 g/mol. The number of carbonyl (C=O) groups is 1. The second-order valence-electron chi connectivity index (χ2n) is 18.0. The van der Waals surface area contributed by atoms with E-state index in [9.17, 15) is 25.2 Å². The molecule has 4 N–H and O–H groups in total. The molecule has 62 heavy (non-hydrogen) atoms. The second-order valence-corrected chi connectivity index (χ2v) is 18.0. The van der Waals surface area contributed by atoms with E-state index >= 15 is 0 Å². The van der Waals surface area contributed by atoms with Crippen molar-refractivity contribution in [3.05, 3.63) is 36.5 Å². The number of rotatable bonds is 45. The molecule has 6 atom stereocenters. The molecule has 1 fully saturated rings. The standard InChI is InChI=1S/C53H98O9/c1-3-5-7-9-11-13-15-17-18-19-20-21-22-23-24-25-26-27-28-29-31-33-35-37-39-41-43-59-45-47(46-60-53-52(58)51(57)50(56)48(44-54)62-53)61-49(55)42-40-38-36-34-32-30-16-14-12-10-8-6-4-2/h14-17,19-20,47-48,50-54,56-58H,3-13,18,21-46H2,1-2H3/b16-14-,17-15-,20-19-. The molecule has 0 bridgehead atoms. The molecule has 0 aromatic heterocycles. The van der Waals surface area contributed by atoms with Crippen LogP contribution in [0.15, 0.2) is 36.5 Å². The normalized spacial score (nSPS) is 20.0. The predicted octanol–water partition coefficient (Wildman–Crippen LogP) is 12.7. The zero-order valence-electron chi connectivity index (χ0n) is 40.1. The fourth-order valence-corrected chi connectivity index (χ4v) is 7.93. The third-order valence-electron chi connectivity index (χ3n) is 12.0. The van der Waals surface area contributed by atoms with Crippen LogP contribution in [-0.2, 0) is 23.7 Å². The van der Waals surface area contributed by atoms with Gasteiger partial charge in [0.25, 0.3) is 0 Å². The van der Waals surface area contributed by atoms with Gasteiger partial charge >= 0.3 is 5.97 Å². The van der Waals surface area contributed by atoms with Crippen LogP contribution in [0.2, 0.25) is 0 Å². The van der Waals surface area contributed by atoms with Crippen LogP contribution in [0, 0.1) is 0 Å². The number of hydrogen-bond acceptors (Lipinski definition) is 9. The van der Waals surface area contributed by atoms with Crippen molar-refractivity contribution >= 4 is 5.97 Å². The first-order valence-electron chi connectivity index (χ1n) is 26.1. The number of esters is 1. The van der Waals surface area contributed by atoms with E-state index in [2.05, 4.69) is 50.3 Å². The van der Waals surface area contributed by atoms with Gasteiger partial charge in [-0.25, -0.2) is 0 Å². The number of aliphatic hydroxyl groups is 4. The molecule has 0 spiro atoms. The molecule has 0 aromatic rings. The maximum absolute atomic E-state index is 12.8. The van der Waals surface area contributed by atoms with Crippen LogP contribution in [0.25, 0.3) is 0 Å². The van der Waals surface area contributed by atoms with Crippen molar-refractivity contribution in [2.45, 2.75) is 269 Å². The summed E-state index contributed by atoms with van der Waals surface area (Å²) in [5.74, 6) is -0.321. The molecule has 0 amide bonds. The summed E-state index contributed by atoms with van der Waals surface area (Å²) in [5.41, 5.74) is 0. The van der Waals surface area contributed by atoms with E-state index in [0.717, 1.165) is 51.4 Å². The minimum Gasteiger partial charge on any atom is -0.457 e. The van der Waals surface area contributed by atoms with Crippen LogP contribution < -0.4 is 0 Å². The van der Waals surface area contributed by atoms with Gasteiger partial charge in [-0.05, 0) is 70.6 Å². The topological polar surface area (TPSA) is 135 Å². The average Bonchev–Trinajstić information content (AvgIpc) is 3.27. The highest BCUT2D eigenvalue weighted by molar-refractivity contribution is 5.69. The van der Waals surface area contributed by atoms with E-state index in [0.29, 0.717) is 13.0 Å². The molecule has 9 heteroatoms. The van der Waals surface area contributed by atoms with Gasteiger partial charge in [-0.3, -0.25) is 4.79 Å². The van der Waals surface area contributed by atoms with E-state index in [1.807, 2.05) is 0 Å². The quantitative estimate of drug-likeness (QED) is 0.0268. The van der Waals surface area contributed by atoms with Gasteiger partial charge in [0, 0.05) is 13.0 Å². The summed E-state index contributed by atoms with van der Waals surface area (Å²) in [4.78, 5) is 12.8. The third kappa shape index (κ3) is 34.8. The van der Waals surface area contributed by atoms with Gasteiger partial charge in [0.15, 0.2) is 6.29 Å². The Morgan fingerprint density at radius 1 is 0.516 bits per heavy atom. The Labute approximate surface area is 380 Å². The molecule has 1 saturated heterocycles.